The fourth-order valence-corrected chi connectivity index (χ4v) is 7.40. The van der Waals surface area contributed by atoms with E-state index in [0.717, 1.165) is 13.1 Å². The fraction of sp³-hybridized carbons (Fsp3) is 0.821. The first-order valence-corrected chi connectivity index (χ1v) is 13.7. The second-order valence-corrected chi connectivity index (χ2v) is 12.8. The number of fused-ring (bicyclic) bond motifs is 1. The lowest BCUT2D eigenvalue weighted by molar-refractivity contribution is -0.362. The number of hydrogen-bond donors (Lipinski definition) is 4. The Labute approximate surface area is 225 Å². The summed E-state index contributed by atoms with van der Waals surface area (Å²) in [5, 5.41) is 35.5. The number of ketones is 1. The standard InChI is InChI=1S/C28H46N2O8/c1-8-17(2)15-21(32)28(36)18(3)16-20(31)22-25(4,5)11-12-27(35,26(22,28)6)37-24(34)29-38-23(33)19-9-13-30(7)14-10-19/h8,17-20,22,31,35-36H,1,9-16H2,2-7H3,(H,29,34)/t17-,18+,20+,22+,26-,27+,28-/m1/s1. The van der Waals surface area contributed by atoms with Crippen molar-refractivity contribution in [2.24, 2.45) is 34.5 Å². The van der Waals surface area contributed by atoms with Gasteiger partial charge in [-0.15, -0.1) is 12.1 Å². The number of ether oxygens (including phenoxy) is 1. The molecule has 1 heterocycles. The van der Waals surface area contributed by atoms with E-state index in [-0.39, 0.29) is 31.1 Å². The molecule has 1 aliphatic heterocycles. The van der Waals surface area contributed by atoms with Crippen molar-refractivity contribution in [3.05, 3.63) is 12.7 Å². The molecule has 3 aliphatic rings. The predicted octanol–water partition coefficient (Wildman–Crippen LogP) is 2.56. The SMILES string of the molecule is C=C[C@@H](C)CC(=O)[C@]1(O)[C@@H](C)C[C@H](O)[C@H]2C(C)(C)CC[C@](O)(OC(=O)NOC(=O)C3CCN(C)CC3)[C@@]21C. The topological polar surface area (TPSA) is 146 Å². The Hall–Kier alpha value is -2.01. The Kier molecular flexibility index (Phi) is 8.73. The fourth-order valence-electron chi connectivity index (χ4n) is 7.40. The number of hydrogen-bond acceptors (Lipinski definition) is 9. The molecule has 1 saturated heterocycles. The summed E-state index contributed by atoms with van der Waals surface area (Å²) in [5.74, 6) is -5.57. The lowest BCUT2D eigenvalue weighted by atomic mass is 9.41. The minimum absolute atomic E-state index is 0.0281. The summed E-state index contributed by atoms with van der Waals surface area (Å²) >= 11 is 0. The van der Waals surface area contributed by atoms with Gasteiger partial charge >= 0.3 is 12.1 Å². The van der Waals surface area contributed by atoms with Gasteiger partial charge in [-0.1, -0.05) is 33.8 Å². The van der Waals surface area contributed by atoms with Crippen LogP contribution in [0.25, 0.3) is 0 Å². The number of carbonyl (C=O) groups excluding carboxylic acids is 3. The van der Waals surface area contributed by atoms with E-state index in [1.807, 2.05) is 26.4 Å². The van der Waals surface area contributed by atoms with Crippen LogP contribution in [0.2, 0.25) is 0 Å². The minimum atomic E-state index is -2.34. The molecule has 0 radical (unpaired) electrons. The molecule has 3 rings (SSSR count). The summed E-state index contributed by atoms with van der Waals surface area (Å²) in [6.07, 6.45) is 1.01. The van der Waals surface area contributed by atoms with Crippen LogP contribution in [-0.4, -0.2) is 75.7 Å². The van der Waals surface area contributed by atoms with Gasteiger partial charge in [0.05, 0.1) is 17.4 Å². The van der Waals surface area contributed by atoms with E-state index in [9.17, 15) is 29.7 Å². The van der Waals surface area contributed by atoms with Gasteiger partial charge in [0, 0.05) is 18.8 Å². The van der Waals surface area contributed by atoms with Crippen LogP contribution in [0.3, 0.4) is 0 Å². The first kappa shape index (κ1) is 30.5. The maximum atomic E-state index is 13.7. The summed E-state index contributed by atoms with van der Waals surface area (Å²) in [6, 6.07) is 0. The molecule has 3 fully saturated rings. The van der Waals surface area contributed by atoms with Gasteiger partial charge in [-0.3, -0.25) is 4.79 Å². The van der Waals surface area contributed by atoms with E-state index in [0.29, 0.717) is 19.3 Å². The van der Waals surface area contributed by atoms with Gasteiger partial charge in [0.2, 0.25) is 5.79 Å². The lowest BCUT2D eigenvalue weighted by Gasteiger charge is -2.67. The van der Waals surface area contributed by atoms with Gasteiger partial charge < -0.3 is 29.8 Å². The summed E-state index contributed by atoms with van der Waals surface area (Å²) in [6.45, 7) is 14.0. The molecule has 0 bridgehead atoms. The molecule has 1 amide bonds. The minimum Gasteiger partial charge on any atom is -0.414 e. The van der Waals surface area contributed by atoms with Crippen LogP contribution in [0.5, 0.6) is 0 Å². The number of nitrogens with one attached hydrogen (secondary N) is 1. The first-order valence-electron chi connectivity index (χ1n) is 13.7. The van der Waals surface area contributed by atoms with E-state index < -0.39 is 58.0 Å². The molecule has 0 spiro atoms. The average molecular weight is 539 g/mol. The Balaban J connectivity index is 1.90. The van der Waals surface area contributed by atoms with Crippen molar-refractivity contribution >= 4 is 17.8 Å². The molecule has 0 aromatic carbocycles. The van der Waals surface area contributed by atoms with E-state index >= 15 is 0 Å². The zero-order valence-corrected chi connectivity index (χ0v) is 23.7. The van der Waals surface area contributed by atoms with Gasteiger partial charge in [-0.05, 0) is 70.0 Å². The number of aliphatic hydroxyl groups excluding tert-OH is 1. The molecule has 0 unspecified atom stereocenters. The van der Waals surface area contributed by atoms with Crippen molar-refractivity contribution in [3.63, 3.8) is 0 Å². The number of aliphatic hydroxyl groups is 3. The number of allylic oxidation sites excluding steroid dienone is 1. The van der Waals surface area contributed by atoms with Crippen molar-refractivity contribution in [2.75, 3.05) is 20.1 Å². The average Bonchev–Trinajstić information content (AvgIpc) is 2.84. The number of hydroxylamine groups is 1. The van der Waals surface area contributed by atoms with Crippen LogP contribution in [-0.2, 0) is 19.2 Å². The highest BCUT2D eigenvalue weighted by molar-refractivity contribution is 5.89. The van der Waals surface area contributed by atoms with Crippen LogP contribution in [0.4, 0.5) is 4.79 Å². The molecule has 0 aromatic rings. The van der Waals surface area contributed by atoms with Crippen molar-refractivity contribution < 1.29 is 39.3 Å². The largest absolute Gasteiger partial charge is 0.443 e. The molecule has 4 N–H and O–H groups in total. The summed E-state index contributed by atoms with van der Waals surface area (Å²) < 4.78 is 5.55. The molecule has 7 atom stereocenters. The molecule has 2 saturated carbocycles. The normalized spacial score (nSPS) is 38.4. The second kappa shape index (κ2) is 10.9. The Bertz CT molecular complexity index is 932. The van der Waals surface area contributed by atoms with Crippen molar-refractivity contribution in [3.8, 4) is 0 Å². The Morgan fingerprint density at radius 1 is 1.16 bits per heavy atom. The van der Waals surface area contributed by atoms with Gasteiger partial charge in [0.1, 0.15) is 5.60 Å². The van der Waals surface area contributed by atoms with E-state index in [1.165, 1.54) is 6.92 Å². The van der Waals surface area contributed by atoms with Gasteiger partial charge in [0.25, 0.3) is 0 Å². The van der Waals surface area contributed by atoms with E-state index in [1.54, 1.807) is 19.9 Å². The number of likely N-dealkylation sites (tertiary alicyclic amines) is 1. The third-order valence-electron chi connectivity index (χ3n) is 9.75. The monoisotopic (exact) mass is 538 g/mol. The van der Waals surface area contributed by atoms with Gasteiger partial charge in [0.15, 0.2) is 5.78 Å². The molecule has 2 aliphatic carbocycles. The summed E-state index contributed by atoms with van der Waals surface area (Å²) in [5.41, 5.74) is -2.50. The molecule has 216 valence electrons. The highest BCUT2D eigenvalue weighted by Crippen LogP contribution is 2.66. The van der Waals surface area contributed by atoms with Crippen LogP contribution in [0.1, 0.15) is 73.1 Å². The van der Waals surface area contributed by atoms with Gasteiger partial charge in [-0.2, -0.15) is 0 Å². The van der Waals surface area contributed by atoms with Crippen LogP contribution >= 0.6 is 0 Å². The van der Waals surface area contributed by atoms with Crippen molar-refractivity contribution in [1.29, 1.82) is 0 Å². The number of amides is 1. The van der Waals surface area contributed by atoms with Gasteiger partial charge in [-0.25, -0.2) is 9.59 Å². The third-order valence-corrected chi connectivity index (χ3v) is 9.75. The number of carbonyl (C=O) groups is 3. The summed E-state index contributed by atoms with van der Waals surface area (Å²) in [4.78, 5) is 46.2. The highest BCUT2D eigenvalue weighted by Gasteiger charge is 2.76. The van der Waals surface area contributed by atoms with Crippen molar-refractivity contribution in [1.82, 2.24) is 10.4 Å². The third kappa shape index (κ3) is 5.12. The Morgan fingerprint density at radius 2 is 1.76 bits per heavy atom. The zero-order chi connectivity index (χ0) is 28.7. The lowest BCUT2D eigenvalue weighted by Crippen LogP contribution is -2.78. The van der Waals surface area contributed by atoms with Crippen molar-refractivity contribution in [2.45, 2.75) is 90.6 Å². The van der Waals surface area contributed by atoms with E-state index in [4.69, 9.17) is 9.57 Å². The second-order valence-electron chi connectivity index (χ2n) is 12.8. The van der Waals surface area contributed by atoms with E-state index in [2.05, 4.69) is 11.5 Å². The molecule has 0 aromatic heterocycles. The first-order chi connectivity index (χ1) is 17.5. The smallest absolute Gasteiger partial charge is 0.414 e. The highest BCUT2D eigenvalue weighted by atomic mass is 16.7. The summed E-state index contributed by atoms with van der Waals surface area (Å²) in [7, 11) is 1.96. The van der Waals surface area contributed by atoms with Crippen LogP contribution in [0, 0.1) is 34.5 Å². The molecule has 10 heteroatoms. The Morgan fingerprint density at radius 3 is 2.34 bits per heavy atom. The predicted molar refractivity (Wildman–Crippen MR) is 139 cm³/mol. The maximum absolute atomic E-state index is 13.7. The number of rotatable bonds is 6. The number of Topliss-reactive ketones (excluding diaryl/α,β-unsaturated/α-hetero) is 1. The maximum Gasteiger partial charge on any atom is 0.443 e. The molecular weight excluding hydrogens is 492 g/mol. The molecular formula is C28H46N2O8. The number of nitrogens with zero attached hydrogens (tertiary/aromatic N) is 1. The molecule has 10 nitrogen and oxygen atoms in total. The quantitative estimate of drug-likeness (QED) is 0.228. The molecule has 38 heavy (non-hydrogen) atoms. The van der Waals surface area contributed by atoms with Crippen LogP contribution < -0.4 is 5.48 Å². The van der Waals surface area contributed by atoms with Crippen LogP contribution in [0.15, 0.2) is 12.7 Å². The zero-order valence-electron chi connectivity index (χ0n) is 23.7. The number of piperidine rings is 1.